The van der Waals surface area contributed by atoms with Crippen LogP contribution in [0.4, 0.5) is 4.39 Å². The molecule has 6 heteroatoms. The number of hydrogen-bond donors (Lipinski definition) is 1. The molecule has 1 N–H and O–H groups in total. The lowest BCUT2D eigenvalue weighted by molar-refractivity contribution is -0.126. The van der Waals surface area contributed by atoms with Crippen LogP contribution < -0.4 is 5.32 Å². The number of nitrogens with one attached hydrogen (secondary N) is 1. The molecule has 1 unspecified atom stereocenters. The number of carbonyl (C=O) groups excluding carboxylic acids is 1. The summed E-state index contributed by atoms with van der Waals surface area (Å²) in [6.45, 7) is 3.32. The van der Waals surface area contributed by atoms with Crippen molar-refractivity contribution in [3.63, 3.8) is 0 Å². The van der Waals surface area contributed by atoms with E-state index < -0.39 is 0 Å². The molecule has 1 aliphatic rings. The van der Waals surface area contributed by atoms with E-state index in [2.05, 4.69) is 32.3 Å². The summed E-state index contributed by atoms with van der Waals surface area (Å²) in [4.78, 5) is 23.9. The summed E-state index contributed by atoms with van der Waals surface area (Å²) in [5.41, 5.74) is 3.04. The van der Waals surface area contributed by atoms with Gasteiger partial charge >= 0.3 is 0 Å². The topological polar surface area (TPSA) is 58.1 Å². The molecule has 1 aliphatic heterocycles. The number of halogens is 1. The summed E-state index contributed by atoms with van der Waals surface area (Å²) in [6.07, 6.45) is 8.98. The van der Waals surface area contributed by atoms with Crippen LogP contribution in [0.1, 0.15) is 48.4 Å². The van der Waals surface area contributed by atoms with Crippen molar-refractivity contribution in [2.75, 3.05) is 13.1 Å². The first-order valence-corrected chi connectivity index (χ1v) is 10.8. The second kappa shape index (κ2) is 9.79. The number of amides is 1. The monoisotopic (exact) mass is 418 g/mol. The van der Waals surface area contributed by atoms with E-state index in [1.54, 1.807) is 12.4 Å². The number of pyridine rings is 2. The highest BCUT2D eigenvalue weighted by Crippen LogP contribution is 2.43. The first-order chi connectivity index (χ1) is 15.2. The second-order valence-electron chi connectivity index (χ2n) is 7.84. The standard InChI is InChI=1S/C25H27FN4O/c1-2-29-25(31)22-8-5-15-30(22)24(18-9-11-21(26)12-10-18)23(19-6-3-13-27-16-19)20-7-4-14-28-17-20/h3-4,6-7,9-14,16-17,22-24H,2,5,8,15H2,1H3,(H,29,31)/t22-,24?/m0/s1. The molecular formula is C25H27FN4O. The molecule has 1 fully saturated rings. The first kappa shape index (κ1) is 21.1. The number of carbonyl (C=O) groups is 1. The maximum absolute atomic E-state index is 13.8. The van der Waals surface area contributed by atoms with Gasteiger partial charge in [-0.3, -0.25) is 19.7 Å². The predicted octanol–water partition coefficient (Wildman–Crippen LogP) is 4.09. The third kappa shape index (κ3) is 4.64. The number of nitrogens with zero attached hydrogens (tertiary/aromatic N) is 3. The summed E-state index contributed by atoms with van der Waals surface area (Å²) in [5, 5.41) is 2.99. The quantitative estimate of drug-likeness (QED) is 0.628. The summed E-state index contributed by atoms with van der Waals surface area (Å²) in [5.74, 6) is -0.338. The van der Waals surface area contributed by atoms with Crippen molar-refractivity contribution in [2.24, 2.45) is 0 Å². The fraction of sp³-hybridized carbons (Fsp3) is 0.320. The zero-order valence-electron chi connectivity index (χ0n) is 17.6. The molecule has 1 amide bonds. The zero-order valence-corrected chi connectivity index (χ0v) is 17.6. The minimum absolute atomic E-state index is 0.0447. The summed E-state index contributed by atoms with van der Waals surface area (Å²) < 4.78 is 13.8. The largest absolute Gasteiger partial charge is 0.355 e. The van der Waals surface area contributed by atoms with Gasteiger partial charge in [0.2, 0.25) is 5.91 Å². The van der Waals surface area contributed by atoms with Crippen LogP contribution in [0, 0.1) is 5.82 Å². The molecule has 4 rings (SSSR count). The van der Waals surface area contributed by atoms with Gasteiger partial charge in [-0.2, -0.15) is 0 Å². The highest BCUT2D eigenvalue weighted by molar-refractivity contribution is 5.82. The van der Waals surface area contributed by atoms with Crippen LogP contribution >= 0.6 is 0 Å². The molecule has 31 heavy (non-hydrogen) atoms. The minimum Gasteiger partial charge on any atom is -0.355 e. The molecule has 3 heterocycles. The van der Waals surface area contributed by atoms with Gasteiger partial charge in [-0.05, 0) is 67.3 Å². The van der Waals surface area contributed by atoms with Crippen molar-refractivity contribution < 1.29 is 9.18 Å². The lowest BCUT2D eigenvalue weighted by Crippen LogP contribution is -2.46. The Kier molecular flexibility index (Phi) is 6.67. The second-order valence-corrected chi connectivity index (χ2v) is 7.84. The number of hydrogen-bond acceptors (Lipinski definition) is 4. The van der Waals surface area contributed by atoms with Gasteiger partial charge in [-0.25, -0.2) is 4.39 Å². The van der Waals surface area contributed by atoms with E-state index in [0.29, 0.717) is 6.54 Å². The van der Waals surface area contributed by atoms with Crippen LogP contribution in [0.3, 0.4) is 0 Å². The Hall–Kier alpha value is -3.12. The Labute approximate surface area is 182 Å². The summed E-state index contributed by atoms with van der Waals surface area (Å²) >= 11 is 0. The molecule has 0 spiro atoms. The Morgan fingerprint density at radius 1 is 1.06 bits per heavy atom. The van der Waals surface area contributed by atoms with Crippen LogP contribution in [0.15, 0.2) is 73.3 Å². The van der Waals surface area contributed by atoms with Crippen molar-refractivity contribution in [3.05, 3.63) is 95.8 Å². The van der Waals surface area contributed by atoms with Crippen LogP contribution in [0.25, 0.3) is 0 Å². The van der Waals surface area contributed by atoms with Crippen molar-refractivity contribution >= 4 is 5.91 Å². The van der Waals surface area contributed by atoms with Gasteiger partial charge in [-0.15, -0.1) is 0 Å². The Bertz CT molecular complexity index is 942. The fourth-order valence-electron chi connectivity index (χ4n) is 4.61. The average Bonchev–Trinajstić information content (AvgIpc) is 3.29. The van der Waals surface area contributed by atoms with Gasteiger partial charge in [0.15, 0.2) is 0 Å². The fourth-order valence-corrected chi connectivity index (χ4v) is 4.61. The molecule has 0 radical (unpaired) electrons. The lowest BCUT2D eigenvalue weighted by atomic mass is 9.81. The predicted molar refractivity (Wildman–Crippen MR) is 118 cm³/mol. The molecule has 160 valence electrons. The number of rotatable bonds is 7. The Morgan fingerprint density at radius 3 is 2.26 bits per heavy atom. The van der Waals surface area contributed by atoms with Gasteiger partial charge in [0.25, 0.3) is 0 Å². The van der Waals surface area contributed by atoms with Gasteiger partial charge in [0.05, 0.1) is 6.04 Å². The van der Waals surface area contributed by atoms with Gasteiger partial charge in [-0.1, -0.05) is 24.3 Å². The molecule has 0 saturated carbocycles. The molecule has 5 nitrogen and oxygen atoms in total. The Balaban J connectivity index is 1.85. The number of likely N-dealkylation sites (tertiary alicyclic amines) is 1. The number of benzene rings is 1. The van der Waals surface area contributed by atoms with Crippen molar-refractivity contribution in [2.45, 2.75) is 37.8 Å². The van der Waals surface area contributed by atoms with E-state index >= 15 is 0 Å². The van der Waals surface area contributed by atoms with E-state index in [1.807, 2.05) is 43.6 Å². The molecule has 1 saturated heterocycles. The average molecular weight is 419 g/mol. The SMILES string of the molecule is CCNC(=O)[C@@H]1CCCN1C(c1ccc(F)cc1)C(c1cccnc1)c1cccnc1. The number of aromatic nitrogens is 2. The normalized spacial score (nSPS) is 17.6. The summed E-state index contributed by atoms with van der Waals surface area (Å²) in [7, 11) is 0. The molecule has 0 bridgehead atoms. The van der Waals surface area contributed by atoms with E-state index in [-0.39, 0.29) is 29.7 Å². The van der Waals surface area contributed by atoms with E-state index in [1.165, 1.54) is 12.1 Å². The smallest absolute Gasteiger partial charge is 0.237 e. The van der Waals surface area contributed by atoms with Gasteiger partial charge < -0.3 is 5.32 Å². The lowest BCUT2D eigenvalue weighted by Gasteiger charge is -2.38. The Morgan fingerprint density at radius 2 is 1.71 bits per heavy atom. The molecule has 3 aromatic rings. The number of likely N-dealkylation sites (N-methyl/N-ethyl adjacent to an activating group) is 1. The third-order valence-electron chi connectivity index (χ3n) is 5.92. The molecule has 0 aliphatic carbocycles. The molecule has 1 aromatic carbocycles. The van der Waals surface area contributed by atoms with E-state index in [9.17, 15) is 9.18 Å². The highest BCUT2D eigenvalue weighted by Gasteiger charge is 2.40. The van der Waals surface area contributed by atoms with E-state index in [0.717, 1.165) is 36.1 Å². The van der Waals surface area contributed by atoms with Crippen LogP contribution in [-0.2, 0) is 4.79 Å². The molecular weight excluding hydrogens is 391 g/mol. The van der Waals surface area contributed by atoms with Crippen molar-refractivity contribution in [1.82, 2.24) is 20.2 Å². The van der Waals surface area contributed by atoms with E-state index in [4.69, 9.17) is 0 Å². The van der Waals surface area contributed by atoms with Crippen molar-refractivity contribution in [3.8, 4) is 0 Å². The minimum atomic E-state index is -0.275. The molecule has 2 aromatic heterocycles. The first-order valence-electron chi connectivity index (χ1n) is 10.8. The van der Waals surface area contributed by atoms with Crippen LogP contribution in [0.2, 0.25) is 0 Å². The summed E-state index contributed by atoms with van der Waals surface area (Å²) in [6, 6.07) is 14.2. The maximum Gasteiger partial charge on any atom is 0.237 e. The van der Waals surface area contributed by atoms with Crippen molar-refractivity contribution in [1.29, 1.82) is 0 Å². The maximum atomic E-state index is 13.8. The van der Waals surface area contributed by atoms with Gasteiger partial charge in [0, 0.05) is 43.3 Å². The van der Waals surface area contributed by atoms with Gasteiger partial charge in [0.1, 0.15) is 5.82 Å². The van der Waals surface area contributed by atoms with Crippen LogP contribution in [0.5, 0.6) is 0 Å². The zero-order chi connectivity index (χ0) is 21.6. The molecule has 2 atom stereocenters. The van der Waals surface area contributed by atoms with Crippen LogP contribution in [-0.4, -0.2) is 39.9 Å². The highest BCUT2D eigenvalue weighted by atomic mass is 19.1. The third-order valence-corrected chi connectivity index (χ3v) is 5.92.